The first kappa shape index (κ1) is 20.1. The highest BCUT2D eigenvalue weighted by atomic mass is 16.3. The molecule has 0 saturated heterocycles. The number of hydrogen-bond acceptors (Lipinski definition) is 4. The van der Waals surface area contributed by atoms with Crippen molar-refractivity contribution in [2.75, 3.05) is 13.2 Å². The Kier molecular flexibility index (Phi) is 8.77. The SMILES string of the molecule is CCCCCCC(C)c1ccc(C(O)CC(N)(CO)CO)cc1. The highest BCUT2D eigenvalue weighted by Crippen LogP contribution is 2.26. The molecule has 0 amide bonds. The lowest BCUT2D eigenvalue weighted by atomic mass is 9.89. The summed E-state index contributed by atoms with van der Waals surface area (Å²) in [6.45, 7) is 3.75. The van der Waals surface area contributed by atoms with Crippen LogP contribution in [0.25, 0.3) is 0 Å². The molecule has 0 heterocycles. The van der Waals surface area contributed by atoms with Crippen molar-refractivity contribution in [3.8, 4) is 0 Å². The van der Waals surface area contributed by atoms with E-state index in [1.54, 1.807) is 0 Å². The van der Waals surface area contributed by atoms with E-state index in [0.717, 1.165) is 5.56 Å². The second kappa shape index (κ2) is 10.0. The smallest absolute Gasteiger partial charge is 0.0809 e. The van der Waals surface area contributed by atoms with Crippen LogP contribution in [0.3, 0.4) is 0 Å². The molecular formula is C19H33NO3. The van der Waals surface area contributed by atoms with Gasteiger partial charge in [-0.3, -0.25) is 0 Å². The third kappa shape index (κ3) is 6.60. The zero-order valence-corrected chi connectivity index (χ0v) is 14.5. The summed E-state index contributed by atoms with van der Waals surface area (Å²) in [6.07, 6.45) is 5.63. The number of hydrogen-bond donors (Lipinski definition) is 4. The van der Waals surface area contributed by atoms with Crippen molar-refractivity contribution in [3.63, 3.8) is 0 Å². The van der Waals surface area contributed by atoms with Gasteiger partial charge in [-0.25, -0.2) is 0 Å². The Labute approximate surface area is 140 Å². The predicted octanol–water partition coefficient (Wildman–Crippen LogP) is 2.87. The summed E-state index contributed by atoms with van der Waals surface area (Å²) in [5.74, 6) is 0.515. The van der Waals surface area contributed by atoms with E-state index in [9.17, 15) is 15.3 Å². The van der Waals surface area contributed by atoms with Crippen LogP contribution in [0.2, 0.25) is 0 Å². The molecule has 1 aromatic carbocycles. The van der Waals surface area contributed by atoms with E-state index in [0.29, 0.717) is 5.92 Å². The summed E-state index contributed by atoms with van der Waals surface area (Å²) in [7, 11) is 0. The summed E-state index contributed by atoms with van der Waals surface area (Å²) in [5.41, 5.74) is 6.73. The van der Waals surface area contributed by atoms with Crippen LogP contribution in [-0.2, 0) is 0 Å². The number of aliphatic hydroxyl groups is 3. The Morgan fingerprint density at radius 1 is 1.00 bits per heavy atom. The molecule has 132 valence electrons. The zero-order chi connectivity index (χ0) is 17.3. The summed E-state index contributed by atoms with van der Waals surface area (Å²) < 4.78 is 0. The van der Waals surface area contributed by atoms with Gasteiger partial charge in [0.1, 0.15) is 0 Å². The Hall–Kier alpha value is -0.940. The van der Waals surface area contributed by atoms with Crippen LogP contribution in [-0.4, -0.2) is 34.1 Å². The van der Waals surface area contributed by atoms with Crippen molar-refractivity contribution in [2.45, 2.75) is 69.9 Å². The molecule has 1 aromatic rings. The van der Waals surface area contributed by atoms with Crippen LogP contribution in [0, 0.1) is 0 Å². The lowest BCUT2D eigenvalue weighted by Crippen LogP contribution is -2.48. The highest BCUT2D eigenvalue weighted by Gasteiger charge is 2.27. The van der Waals surface area contributed by atoms with E-state index in [4.69, 9.17) is 5.73 Å². The Balaban J connectivity index is 2.58. The third-order valence-corrected chi connectivity index (χ3v) is 4.61. The predicted molar refractivity (Wildman–Crippen MR) is 94.3 cm³/mol. The van der Waals surface area contributed by atoms with Crippen molar-refractivity contribution in [1.82, 2.24) is 0 Å². The van der Waals surface area contributed by atoms with Crippen molar-refractivity contribution in [1.29, 1.82) is 0 Å². The molecule has 2 unspecified atom stereocenters. The number of benzene rings is 1. The van der Waals surface area contributed by atoms with Crippen molar-refractivity contribution >= 4 is 0 Å². The topological polar surface area (TPSA) is 86.7 Å². The summed E-state index contributed by atoms with van der Waals surface area (Å²) in [4.78, 5) is 0. The van der Waals surface area contributed by atoms with E-state index >= 15 is 0 Å². The lowest BCUT2D eigenvalue weighted by Gasteiger charge is -2.27. The van der Waals surface area contributed by atoms with Crippen molar-refractivity contribution < 1.29 is 15.3 Å². The summed E-state index contributed by atoms with van der Waals surface area (Å²) >= 11 is 0. The van der Waals surface area contributed by atoms with Crippen molar-refractivity contribution in [3.05, 3.63) is 35.4 Å². The molecule has 0 saturated carbocycles. The summed E-state index contributed by atoms with van der Waals surface area (Å²) in [5, 5.41) is 28.7. The van der Waals surface area contributed by atoms with Gasteiger partial charge in [0, 0.05) is 0 Å². The quantitative estimate of drug-likeness (QED) is 0.472. The molecule has 0 bridgehead atoms. The van der Waals surface area contributed by atoms with Crippen LogP contribution in [0.4, 0.5) is 0 Å². The van der Waals surface area contributed by atoms with E-state index in [2.05, 4.69) is 26.0 Å². The van der Waals surface area contributed by atoms with Gasteiger partial charge < -0.3 is 21.1 Å². The van der Waals surface area contributed by atoms with Crippen molar-refractivity contribution in [2.24, 2.45) is 5.73 Å². The molecule has 4 heteroatoms. The maximum Gasteiger partial charge on any atom is 0.0809 e. The van der Waals surface area contributed by atoms with Crippen LogP contribution in [0.15, 0.2) is 24.3 Å². The molecular weight excluding hydrogens is 290 g/mol. The fraction of sp³-hybridized carbons (Fsp3) is 0.684. The van der Waals surface area contributed by atoms with E-state index in [1.807, 2.05) is 12.1 Å². The molecule has 0 fully saturated rings. The minimum Gasteiger partial charge on any atom is -0.394 e. The average molecular weight is 323 g/mol. The molecule has 1 rings (SSSR count). The number of unbranched alkanes of at least 4 members (excludes halogenated alkanes) is 3. The van der Waals surface area contributed by atoms with Crippen LogP contribution in [0.1, 0.15) is 75.5 Å². The van der Waals surface area contributed by atoms with Gasteiger partial charge in [-0.15, -0.1) is 0 Å². The van der Waals surface area contributed by atoms with E-state index in [1.165, 1.54) is 37.7 Å². The fourth-order valence-electron chi connectivity index (χ4n) is 2.77. The monoisotopic (exact) mass is 323 g/mol. The highest BCUT2D eigenvalue weighted by molar-refractivity contribution is 5.26. The van der Waals surface area contributed by atoms with Gasteiger partial charge in [0.2, 0.25) is 0 Å². The van der Waals surface area contributed by atoms with Gasteiger partial charge in [0.25, 0.3) is 0 Å². The Morgan fingerprint density at radius 3 is 2.09 bits per heavy atom. The molecule has 0 aliphatic rings. The zero-order valence-electron chi connectivity index (χ0n) is 14.5. The molecule has 0 aliphatic heterocycles. The molecule has 0 aliphatic carbocycles. The molecule has 23 heavy (non-hydrogen) atoms. The van der Waals surface area contributed by atoms with Gasteiger partial charge >= 0.3 is 0 Å². The first-order valence-electron chi connectivity index (χ1n) is 8.74. The van der Waals surface area contributed by atoms with Crippen LogP contribution >= 0.6 is 0 Å². The number of rotatable bonds is 11. The van der Waals surface area contributed by atoms with E-state index in [-0.39, 0.29) is 19.6 Å². The molecule has 0 radical (unpaired) electrons. The fourth-order valence-corrected chi connectivity index (χ4v) is 2.77. The lowest BCUT2D eigenvalue weighted by molar-refractivity contribution is 0.0618. The third-order valence-electron chi connectivity index (χ3n) is 4.61. The normalized spacial score (nSPS) is 14.7. The number of aliphatic hydroxyl groups excluding tert-OH is 3. The van der Waals surface area contributed by atoms with Gasteiger partial charge in [0.15, 0.2) is 0 Å². The Morgan fingerprint density at radius 2 is 1.57 bits per heavy atom. The molecule has 0 aromatic heterocycles. The van der Waals surface area contributed by atoms with E-state index < -0.39 is 11.6 Å². The minimum atomic E-state index is -1.15. The standard InChI is InChI=1S/C19H33NO3/c1-3-4-5-6-7-15(2)16-8-10-17(11-9-16)18(23)12-19(20,13-21)14-22/h8-11,15,18,21-23H,3-7,12-14,20H2,1-2H3. The maximum absolute atomic E-state index is 10.2. The molecule has 5 N–H and O–H groups in total. The van der Waals surface area contributed by atoms with Gasteiger partial charge in [0.05, 0.1) is 24.9 Å². The van der Waals surface area contributed by atoms with Crippen LogP contribution in [0.5, 0.6) is 0 Å². The van der Waals surface area contributed by atoms with Gasteiger partial charge in [-0.2, -0.15) is 0 Å². The first-order valence-corrected chi connectivity index (χ1v) is 8.74. The number of nitrogens with two attached hydrogens (primary N) is 1. The molecule has 4 nitrogen and oxygen atoms in total. The minimum absolute atomic E-state index is 0.131. The summed E-state index contributed by atoms with van der Waals surface area (Å²) in [6, 6.07) is 7.94. The first-order chi connectivity index (χ1) is 11.0. The Bertz CT molecular complexity index is 429. The largest absolute Gasteiger partial charge is 0.394 e. The second-order valence-corrected chi connectivity index (χ2v) is 6.82. The average Bonchev–Trinajstić information content (AvgIpc) is 2.58. The molecule has 2 atom stereocenters. The van der Waals surface area contributed by atoms with Crippen LogP contribution < -0.4 is 5.73 Å². The van der Waals surface area contributed by atoms with Gasteiger partial charge in [-0.1, -0.05) is 63.8 Å². The molecule has 0 spiro atoms. The van der Waals surface area contributed by atoms with Gasteiger partial charge in [-0.05, 0) is 29.9 Å². The second-order valence-electron chi connectivity index (χ2n) is 6.82. The maximum atomic E-state index is 10.2.